The molecule has 5 nitrogen and oxygen atoms in total. The number of aliphatic carboxylic acids is 1. The standard InChI is InChI=1S/C16H30N2O3/c1-4-7-16(8-10-17-11-9-16)15(21)18(13(2)3)12-5-6-14(19)20/h13,17H,4-12H2,1-3H3,(H,19,20). The molecule has 122 valence electrons. The molecule has 0 radical (unpaired) electrons. The van der Waals surface area contributed by atoms with Crippen molar-refractivity contribution < 1.29 is 14.7 Å². The van der Waals surface area contributed by atoms with E-state index in [0.717, 1.165) is 38.8 Å². The van der Waals surface area contributed by atoms with Crippen LogP contribution in [0, 0.1) is 5.41 Å². The molecule has 0 aromatic heterocycles. The quantitative estimate of drug-likeness (QED) is 0.721. The first kappa shape index (κ1) is 18.0. The van der Waals surface area contributed by atoms with Crippen molar-refractivity contribution in [2.24, 2.45) is 5.41 Å². The van der Waals surface area contributed by atoms with Crippen LogP contribution in [-0.2, 0) is 9.59 Å². The fraction of sp³-hybridized carbons (Fsp3) is 0.875. The van der Waals surface area contributed by atoms with E-state index >= 15 is 0 Å². The number of carboxylic acids is 1. The Bertz CT molecular complexity index is 344. The lowest BCUT2D eigenvalue weighted by Crippen LogP contribution is -2.51. The number of hydrogen-bond acceptors (Lipinski definition) is 3. The molecule has 21 heavy (non-hydrogen) atoms. The van der Waals surface area contributed by atoms with E-state index in [-0.39, 0.29) is 23.8 Å². The van der Waals surface area contributed by atoms with Crippen molar-refractivity contribution in [2.45, 2.75) is 65.3 Å². The summed E-state index contributed by atoms with van der Waals surface area (Å²) in [4.78, 5) is 25.6. The van der Waals surface area contributed by atoms with E-state index < -0.39 is 5.97 Å². The first-order chi connectivity index (χ1) is 9.93. The summed E-state index contributed by atoms with van der Waals surface area (Å²) in [5.41, 5.74) is -0.243. The van der Waals surface area contributed by atoms with Gasteiger partial charge in [-0.25, -0.2) is 0 Å². The third-order valence-electron chi connectivity index (χ3n) is 4.42. The molecular weight excluding hydrogens is 268 g/mol. The molecule has 0 aliphatic carbocycles. The number of nitrogens with zero attached hydrogens (tertiary/aromatic N) is 1. The molecule has 1 aliphatic heterocycles. The molecule has 5 heteroatoms. The van der Waals surface area contributed by atoms with Crippen LogP contribution in [-0.4, -0.2) is 47.6 Å². The first-order valence-electron chi connectivity index (χ1n) is 8.16. The molecule has 0 spiro atoms. The Morgan fingerprint density at radius 3 is 2.38 bits per heavy atom. The Kier molecular flexibility index (Phi) is 7.15. The molecule has 1 saturated heterocycles. The summed E-state index contributed by atoms with van der Waals surface area (Å²) in [6, 6.07) is 0.120. The topological polar surface area (TPSA) is 69.6 Å². The van der Waals surface area contributed by atoms with Crippen molar-refractivity contribution in [2.75, 3.05) is 19.6 Å². The van der Waals surface area contributed by atoms with Gasteiger partial charge in [-0.2, -0.15) is 0 Å². The second kappa shape index (κ2) is 8.37. The minimum absolute atomic E-state index is 0.120. The smallest absolute Gasteiger partial charge is 0.303 e. The molecule has 0 unspecified atom stereocenters. The average molecular weight is 298 g/mol. The van der Waals surface area contributed by atoms with Gasteiger partial charge in [-0.05, 0) is 52.6 Å². The molecule has 0 aromatic carbocycles. The van der Waals surface area contributed by atoms with Crippen molar-refractivity contribution in [3.05, 3.63) is 0 Å². The number of carboxylic acid groups (broad SMARTS) is 1. The molecular formula is C16H30N2O3. The van der Waals surface area contributed by atoms with Gasteiger partial charge in [0.2, 0.25) is 5.91 Å². The van der Waals surface area contributed by atoms with E-state index in [2.05, 4.69) is 12.2 Å². The Balaban J connectivity index is 2.78. The average Bonchev–Trinajstić information content (AvgIpc) is 2.43. The molecule has 0 atom stereocenters. The van der Waals surface area contributed by atoms with Gasteiger partial charge in [-0.1, -0.05) is 13.3 Å². The zero-order chi connectivity index (χ0) is 15.9. The van der Waals surface area contributed by atoms with Crippen LogP contribution in [0.25, 0.3) is 0 Å². The maximum Gasteiger partial charge on any atom is 0.303 e. The van der Waals surface area contributed by atoms with Gasteiger partial charge >= 0.3 is 5.97 Å². The predicted octanol–water partition coefficient (Wildman–Crippen LogP) is 2.26. The highest BCUT2D eigenvalue weighted by Gasteiger charge is 2.41. The summed E-state index contributed by atoms with van der Waals surface area (Å²) in [5, 5.41) is 12.1. The van der Waals surface area contributed by atoms with Crippen LogP contribution in [0.15, 0.2) is 0 Å². The molecule has 0 saturated carbocycles. The van der Waals surface area contributed by atoms with Crippen molar-refractivity contribution in [1.29, 1.82) is 0 Å². The summed E-state index contributed by atoms with van der Waals surface area (Å²) >= 11 is 0. The van der Waals surface area contributed by atoms with E-state index in [4.69, 9.17) is 5.11 Å². The van der Waals surface area contributed by atoms with Crippen molar-refractivity contribution in [3.8, 4) is 0 Å². The third kappa shape index (κ3) is 4.99. The zero-order valence-corrected chi connectivity index (χ0v) is 13.7. The number of carbonyl (C=O) groups excluding carboxylic acids is 1. The Morgan fingerprint density at radius 2 is 1.90 bits per heavy atom. The van der Waals surface area contributed by atoms with Crippen LogP contribution in [0.5, 0.6) is 0 Å². The molecule has 1 fully saturated rings. The second-order valence-corrected chi connectivity index (χ2v) is 6.37. The highest BCUT2D eigenvalue weighted by atomic mass is 16.4. The van der Waals surface area contributed by atoms with Crippen LogP contribution in [0.4, 0.5) is 0 Å². The third-order valence-corrected chi connectivity index (χ3v) is 4.42. The van der Waals surface area contributed by atoms with Gasteiger partial charge in [0, 0.05) is 19.0 Å². The van der Waals surface area contributed by atoms with Crippen LogP contribution in [0.3, 0.4) is 0 Å². The Morgan fingerprint density at radius 1 is 1.29 bits per heavy atom. The minimum Gasteiger partial charge on any atom is -0.481 e. The number of piperidine rings is 1. The van der Waals surface area contributed by atoms with E-state index in [1.807, 2.05) is 18.7 Å². The van der Waals surface area contributed by atoms with Crippen molar-refractivity contribution in [1.82, 2.24) is 10.2 Å². The van der Waals surface area contributed by atoms with Crippen LogP contribution < -0.4 is 5.32 Å². The first-order valence-corrected chi connectivity index (χ1v) is 8.16. The maximum atomic E-state index is 13.1. The lowest BCUT2D eigenvalue weighted by Gasteiger charge is -2.41. The lowest BCUT2D eigenvalue weighted by atomic mass is 9.74. The fourth-order valence-electron chi connectivity index (χ4n) is 3.25. The number of rotatable bonds is 8. The molecule has 1 amide bonds. The number of amides is 1. The summed E-state index contributed by atoms with van der Waals surface area (Å²) in [6.07, 6.45) is 4.37. The minimum atomic E-state index is -0.795. The number of carbonyl (C=O) groups is 2. The molecule has 1 rings (SSSR count). The largest absolute Gasteiger partial charge is 0.481 e. The summed E-state index contributed by atoms with van der Waals surface area (Å²) in [5.74, 6) is -0.567. The van der Waals surface area contributed by atoms with Crippen molar-refractivity contribution >= 4 is 11.9 Å². The monoisotopic (exact) mass is 298 g/mol. The van der Waals surface area contributed by atoms with Gasteiger partial charge in [-0.3, -0.25) is 9.59 Å². The van der Waals surface area contributed by atoms with E-state index in [1.165, 1.54) is 0 Å². The van der Waals surface area contributed by atoms with Crippen LogP contribution >= 0.6 is 0 Å². The van der Waals surface area contributed by atoms with Gasteiger partial charge in [-0.15, -0.1) is 0 Å². The SMILES string of the molecule is CCCC1(C(=O)N(CCCC(=O)O)C(C)C)CCNCC1. The molecule has 2 N–H and O–H groups in total. The predicted molar refractivity (Wildman–Crippen MR) is 83.2 cm³/mol. The normalized spacial score (nSPS) is 17.7. The highest BCUT2D eigenvalue weighted by Crippen LogP contribution is 2.36. The van der Waals surface area contributed by atoms with E-state index in [0.29, 0.717) is 13.0 Å². The molecule has 0 bridgehead atoms. The Hall–Kier alpha value is -1.10. The Labute approximate surface area is 128 Å². The lowest BCUT2D eigenvalue weighted by molar-refractivity contribution is -0.147. The molecule has 1 heterocycles. The number of hydrogen-bond donors (Lipinski definition) is 2. The van der Waals surface area contributed by atoms with E-state index in [1.54, 1.807) is 0 Å². The second-order valence-electron chi connectivity index (χ2n) is 6.37. The maximum absolute atomic E-state index is 13.1. The van der Waals surface area contributed by atoms with Crippen LogP contribution in [0.1, 0.15) is 59.3 Å². The van der Waals surface area contributed by atoms with Crippen LogP contribution in [0.2, 0.25) is 0 Å². The summed E-state index contributed by atoms with van der Waals surface area (Å²) in [7, 11) is 0. The van der Waals surface area contributed by atoms with Crippen molar-refractivity contribution in [3.63, 3.8) is 0 Å². The summed E-state index contributed by atoms with van der Waals surface area (Å²) < 4.78 is 0. The number of nitrogens with one attached hydrogen (secondary N) is 1. The van der Waals surface area contributed by atoms with Gasteiger partial charge in [0.05, 0.1) is 5.41 Å². The summed E-state index contributed by atoms with van der Waals surface area (Å²) in [6.45, 7) is 8.49. The van der Waals surface area contributed by atoms with Gasteiger partial charge in [0.25, 0.3) is 0 Å². The highest BCUT2D eigenvalue weighted by molar-refractivity contribution is 5.83. The van der Waals surface area contributed by atoms with Gasteiger partial charge in [0.15, 0.2) is 0 Å². The molecule has 1 aliphatic rings. The zero-order valence-electron chi connectivity index (χ0n) is 13.7. The van der Waals surface area contributed by atoms with Gasteiger partial charge in [0.1, 0.15) is 0 Å². The fourth-order valence-corrected chi connectivity index (χ4v) is 3.25. The van der Waals surface area contributed by atoms with E-state index in [9.17, 15) is 9.59 Å². The van der Waals surface area contributed by atoms with Gasteiger partial charge < -0.3 is 15.3 Å². The molecule has 0 aromatic rings.